The lowest BCUT2D eigenvalue weighted by molar-refractivity contribution is 0.0997. The van der Waals surface area contributed by atoms with E-state index in [1.807, 2.05) is 4.98 Å². The second-order valence-corrected chi connectivity index (χ2v) is 2.62. The molecular formula is C8H5F2N3O2. The minimum Gasteiger partial charge on any atom is -0.365 e. The molecule has 7 heteroatoms. The van der Waals surface area contributed by atoms with Gasteiger partial charge in [-0.25, -0.2) is 8.78 Å². The Morgan fingerprint density at radius 3 is 2.60 bits per heavy atom. The van der Waals surface area contributed by atoms with Crippen molar-refractivity contribution in [1.82, 2.24) is 4.98 Å². The number of primary amides is 1. The highest BCUT2D eigenvalue weighted by atomic mass is 19.3. The van der Waals surface area contributed by atoms with Crippen LogP contribution in [-0.2, 0) is 0 Å². The first-order chi connectivity index (χ1) is 6.97. The Bertz CT molecular complexity index is 502. The van der Waals surface area contributed by atoms with Gasteiger partial charge in [0.05, 0.1) is 5.69 Å². The zero-order valence-corrected chi connectivity index (χ0v) is 7.25. The number of H-pyrrole nitrogens is 1. The number of hydrogen-bond donors (Lipinski definition) is 2. The van der Waals surface area contributed by atoms with E-state index in [1.165, 1.54) is 6.07 Å². The molecule has 1 amide bonds. The first-order valence-corrected chi connectivity index (χ1v) is 3.72. The van der Waals surface area contributed by atoms with Crippen molar-refractivity contribution in [3.8, 4) is 6.07 Å². The lowest BCUT2D eigenvalue weighted by atomic mass is 10.1. The largest absolute Gasteiger partial charge is 0.365 e. The summed E-state index contributed by atoms with van der Waals surface area (Å²) in [4.78, 5) is 23.9. The van der Waals surface area contributed by atoms with E-state index >= 15 is 0 Å². The van der Waals surface area contributed by atoms with Crippen LogP contribution in [0.25, 0.3) is 0 Å². The molecule has 0 atom stereocenters. The summed E-state index contributed by atoms with van der Waals surface area (Å²) in [5.41, 5.74) is 1.95. The molecule has 1 aromatic rings. The van der Waals surface area contributed by atoms with E-state index in [0.29, 0.717) is 6.07 Å². The Morgan fingerprint density at radius 2 is 2.20 bits per heavy atom. The van der Waals surface area contributed by atoms with E-state index in [4.69, 9.17) is 11.0 Å². The van der Waals surface area contributed by atoms with Gasteiger partial charge in [0.25, 0.3) is 12.3 Å². The number of nitriles is 1. The Morgan fingerprint density at radius 1 is 1.60 bits per heavy atom. The third-order valence-corrected chi connectivity index (χ3v) is 1.65. The molecule has 15 heavy (non-hydrogen) atoms. The molecular weight excluding hydrogens is 208 g/mol. The van der Waals surface area contributed by atoms with Crippen molar-refractivity contribution >= 4 is 5.91 Å². The zero-order chi connectivity index (χ0) is 11.6. The molecule has 0 fully saturated rings. The van der Waals surface area contributed by atoms with Gasteiger partial charge in [-0.15, -0.1) is 0 Å². The van der Waals surface area contributed by atoms with E-state index < -0.39 is 34.7 Å². The number of amides is 1. The molecule has 1 heterocycles. The molecule has 0 unspecified atom stereocenters. The molecule has 0 saturated heterocycles. The number of rotatable bonds is 2. The minimum absolute atomic E-state index is 0.547. The SMILES string of the molecule is N#Cc1[nH]c(C(F)F)cc(=O)c1C(N)=O. The zero-order valence-electron chi connectivity index (χ0n) is 7.25. The van der Waals surface area contributed by atoms with E-state index in [2.05, 4.69) is 0 Å². The van der Waals surface area contributed by atoms with Gasteiger partial charge >= 0.3 is 0 Å². The Kier molecular flexibility index (Phi) is 2.80. The number of pyridine rings is 1. The van der Waals surface area contributed by atoms with Gasteiger partial charge in [0.2, 0.25) is 0 Å². The van der Waals surface area contributed by atoms with Crippen molar-refractivity contribution in [1.29, 1.82) is 5.26 Å². The van der Waals surface area contributed by atoms with Crippen LogP contribution in [0.3, 0.4) is 0 Å². The average Bonchev–Trinajstić information content (AvgIpc) is 2.15. The number of carbonyl (C=O) groups is 1. The lowest BCUT2D eigenvalue weighted by Crippen LogP contribution is -2.24. The number of nitrogens with one attached hydrogen (secondary N) is 1. The Balaban J connectivity index is 3.54. The van der Waals surface area contributed by atoms with Gasteiger partial charge in [-0.3, -0.25) is 9.59 Å². The molecule has 0 aliphatic rings. The molecule has 5 nitrogen and oxygen atoms in total. The lowest BCUT2D eigenvalue weighted by Gasteiger charge is -2.03. The maximum absolute atomic E-state index is 12.2. The standard InChI is InChI=1S/C8H5F2N3O2/c9-7(10)3-1-5(14)6(8(12)15)4(2-11)13-3/h1,7H,(H2,12,15)(H,13,14). The number of alkyl halides is 2. The molecule has 78 valence electrons. The van der Waals surface area contributed by atoms with Crippen molar-refractivity contribution < 1.29 is 13.6 Å². The number of aromatic amines is 1. The monoisotopic (exact) mass is 213 g/mol. The van der Waals surface area contributed by atoms with Crippen molar-refractivity contribution in [3.05, 3.63) is 33.2 Å². The summed E-state index contributed by atoms with van der Waals surface area (Å²) in [6.07, 6.45) is -2.92. The van der Waals surface area contributed by atoms with Crippen molar-refractivity contribution in [2.24, 2.45) is 5.73 Å². The van der Waals surface area contributed by atoms with Crippen LogP contribution < -0.4 is 11.2 Å². The normalized spacial score (nSPS) is 10.0. The Hall–Kier alpha value is -2.23. The van der Waals surface area contributed by atoms with Crippen LogP contribution in [-0.4, -0.2) is 10.9 Å². The van der Waals surface area contributed by atoms with Gasteiger partial charge in [0.1, 0.15) is 17.3 Å². The van der Waals surface area contributed by atoms with Crippen LogP contribution >= 0.6 is 0 Å². The topological polar surface area (TPSA) is 99.7 Å². The van der Waals surface area contributed by atoms with Crippen LogP contribution in [0.2, 0.25) is 0 Å². The highest BCUT2D eigenvalue weighted by molar-refractivity contribution is 5.94. The van der Waals surface area contributed by atoms with E-state index in [-0.39, 0.29) is 0 Å². The summed E-state index contributed by atoms with van der Waals surface area (Å²) in [7, 11) is 0. The molecule has 0 aromatic carbocycles. The molecule has 0 bridgehead atoms. The molecule has 0 aliphatic heterocycles. The smallest absolute Gasteiger partial charge is 0.278 e. The fourth-order valence-corrected chi connectivity index (χ4v) is 1.03. The quantitative estimate of drug-likeness (QED) is 0.737. The van der Waals surface area contributed by atoms with E-state index in [9.17, 15) is 18.4 Å². The first-order valence-electron chi connectivity index (χ1n) is 3.72. The van der Waals surface area contributed by atoms with Gasteiger partial charge < -0.3 is 10.7 Å². The number of aromatic nitrogens is 1. The van der Waals surface area contributed by atoms with Gasteiger partial charge in [0.15, 0.2) is 5.43 Å². The maximum Gasteiger partial charge on any atom is 0.278 e. The molecule has 0 aliphatic carbocycles. The van der Waals surface area contributed by atoms with Crippen LogP contribution in [0.4, 0.5) is 8.78 Å². The summed E-state index contributed by atoms with van der Waals surface area (Å²) in [6.45, 7) is 0. The number of carbonyl (C=O) groups excluding carboxylic acids is 1. The van der Waals surface area contributed by atoms with E-state index in [0.717, 1.165) is 0 Å². The van der Waals surface area contributed by atoms with Crippen molar-refractivity contribution in [2.75, 3.05) is 0 Å². The summed E-state index contributed by atoms with van der Waals surface area (Å²) in [6, 6.07) is 1.97. The van der Waals surface area contributed by atoms with Crippen LogP contribution in [0.5, 0.6) is 0 Å². The van der Waals surface area contributed by atoms with Crippen LogP contribution in [0, 0.1) is 11.3 Å². The number of halogens is 2. The maximum atomic E-state index is 12.2. The van der Waals surface area contributed by atoms with Crippen molar-refractivity contribution in [3.63, 3.8) is 0 Å². The minimum atomic E-state index is -2.92. The van der Waals surface area contributed by atoms with E-state index in [1.54, 1.807) is 0 Å². The molecule has 0 spiro atoms. The highest BCUT2D eigenvalue weighted by Crippen LogP contribution is 2.15. The van der Waals surface area contributed by atoms with Gasteiger partial charge in [-0.05, 0) is 0 Å². The van der Waals surface area contributed by atoms with Gasteiger partial charge in [-0.1, -0.05) is 0 Å². The number of hydrogen-bond acceptors (Lipinski definition) is 3. The molecule has 1 rings (SSSR count). The number of nitrogens with zero attached hydrogens (tertiary/aromatic N) is 1. The molecule has 0 radical (unpaired) electrons. The fraction of sp³-hybridized carbons (Fsp3) is 0.125. The third kappa shape index (κ3) is 1.99. The summed E-state index contributed by atoms with van der Waals surface area (Å²) < 4.78 is 24.4. The second-order valence-electron chi connectivity index (χ2n) is 2.62. The van der Waals surface area contributed by atoms with Gasteiger partial charge in [-0.2, -0.15) is 5.26 Å². The summed E-state index contributed by atoms with van der Waals surface area (Å²) >= 11 is 0. The first kappa shape index (κ1) is 10.8. The van der Waals surface area contributed by atoms with Crippen LogP contribution in [0.1, 0.15) is 28.2 Å². The fourth-order valence-electron chi connectivity index (χ4n) is 1.03. The summed E-state index contributed by atoms with van der Waals surface area (Å²) in [5.74, 6) is -1.13. The molecule has 0 saturated carbocycles. The van der Waals surface area contributed by atoms with Crippen LogP contribution in [0.15, 0.2) is 10.9 Å². The average molecular weight is 213 g/mol. The molecule has 3 N–H and O–H groups in total. The predicted molar refractivity (Wildman–Crippen MR) is 45.3 cm³/mol. The second kappa shape index (κ2) is 3.88. The number of nitrogens with two attached hydrogens (primary N) is 1. The molecule has 1 aromatic heterocycles. The highest BCUT2D eigenvalue weighted by Gasteiger charge is 2.17. The summed E-state index contributed by atoms with van der Waals surface area (Å²) in [5, 5.41) is 8.53. The predicted octanol–water partition coefficient (Wildman–Crippen LogP) is 0.283. The van der Waals surface area contributed by atoms with Crippen molar-refractivity contribution in [2.45, 2.75) is 6.43 Å². The third-order valence-electron chi connectivity index (χ3n) is 1.65. The Labute approximate surface area is 82.1 Å². The van der Waals surface area contributed by atoms with Gasteiger partial charge in [0, 0.05) is 6.07 Å².